The van der Waals surface area contributed by atoms with E-state index in [1.54, 1.807) is 0 Å². The number of piperidine rings is 1. The van der Waals surface area contributed by atoms with E-state index in [0.717, 1.165) is 45.2 Å². The molecule has 3 rings (SSSR count). The molecule has 23 heavy (non-hydrogen) atoms. The summed E-state index contributed by atoms with van der Waals surface area (Å²) in [6.07, 6.45) is 5.43. The first-order valence-electron chi connectivity index (χ1n) is 8.94. The minimum atomic E-state index is -0.221. The molecular weight excluding hydrogens is 286 g/mol. The van der Waals surface area contributed by atoms with Crippen molar-refractivity contribution in [1.82, 2.24) is 4.90 Å². The number of carbonyl (C=O) groups excluding carboxylic acids is 1. The zero-order valence-electron chi connectivity index (χ0n) is 14.7. The summed E-state index contributed by atoms with van der Waals surface area (Å²) < 4.78 is 0. The van der Waals surface area contributed by atoms with Crippen LogP contribution < -0.4 is 0 Å². The lowest BCUT2D eigenvalue weighted by molar-refractivity contribution is -0.135. The minimum Gasteiger partial charge on any atom is -0.392 e. The summed E-state index contributed by atoms with van der Waals surface area (Å²) in [5.74, 6) is 0.221. The topological polar surface area (TPSA) is 40.5 Å². The monoisotopic (exact) mass is 315 g/mol. The van der Waals surface area contributed by atoms with Crippen molar-refractivity contribution in [1.29, 1.82) is 0 Å². The van der Waals surface area contributed by atoms with Crippen LogP contribution in [-0.4, -0.2) is 35.1 Å². The normalized spacial score (nSPS) is 27.7. The number of rotatable bonds is 2. The molecule has 1 saturated heterocycles. The Hall–Kier alpha value is -1.35. The van der Waals surface area contributed by atoms with Crippen molar-refractivity contribution >= 4 is 5.91 Å². The van der Waals surface area contributed by atoms with Crippen LogP contribution in [0.1, 0.15) is 54.4 Å². The predicted octanol–water partition coefficient (Wildman–Crippen LogP) is 3.31. The van der Waals surface area contributed by atoms with Gasteiger partial charge in [0.05, 0.1) is 12.5 Å². The van der Waals surface area contributed by atoms with Crippen LogP contribution in [0.3, 0.4) is 0 Å². The molecule has 1 heterocycles. The molecule has 1 spiro atoms. The smallest absolute Gasteiger partial charge is 0.227 e. The van der Waals surface area contributed by atoms with E-state index in [4.69, 9.17) is 0 Å². The second-order valence-electron chi connectivity index (χ2n) is 7.74. The highest BCUT2D eigenvalue weighted by atomic mass is 16.3. The van der Waals surface area contributed by atoms with Crippen molar-refractivity contribution in [3.63, 3.8) is 0 Å². The molecular formula is C20H29NO2. The van der Waals surface area contributed by atoms with E-state index in [1.807, 2.05) is 4.90 Å². The van der Waals surface area contributed by atoms with Crippen LogP contribution in [0, 0.1) is 26.2 Å². The average molecular weight is 315 g/mol. The van der Waals surface area contributed by atoms with Crippen LogP contribution in [0.4, 0.5) is 0 Å². The third-order valence-corrected chi connectivity index (χ3v) is 5.99. The Morgan fingerprint density at radius 2 is 1.87 bits per heavy atom. The Morgan fingerprint density at radius 3 is 2.48 bits per heavy atom. The van der Waals surface area contributed by atoms with Gasteiger partial charge >= 0.3 is 0 Å². The molecule has 0 unspecified atom stereocenters. The summed E-state index contributed by atoms with van der Waals surface area (Å²) in [6, 6.07) is 4.32. The number of aliphatic hydroxyl groups is 1. The predicted molar refractivity (Wildman–Crippen MR) is 92.5 cm³/mol. The highest BCUT2D eigenvalue weighted by molar-refractivity contribution is 5.79. The molecule has 3 heteroatoms. The fourth-order valence-electron chi connectivity index (χ4n) is 4.72. The minimum absolute atomic E-state index is 0.0225. The van der Waals surface area contributed by atoms with Crippen LogP contribution >= 0.6 is 0 Å². The Balaban J connectivity index is 1.74. The number of nitrogens with zero attached hydrogens (tertiary/aromatic N) is 1. The van der Waals surface area contributed by atoms with Gasteiger partial charge < -0.3 is 10.0 Å². The number of hydrogen-bond acceptors (Lipinski definition) is 2. The first kappa shape index (κ1) is 16.5. The first-order valence-corrected chi connectivity index (χ1v) is 8.94. The molecule has 3 nitrogen and oxygen atoms in total. The molecule has 1 aliphatic carbocycles. The summed E-state index contributed by atoms with van der Waals surface area (Å²) >= 11 is 0. The van der Waals surface area contributed by atoms with Gasteiger partial charge in [0, 0.05) is 18.5 Å². The Bertz CT molecular complexity index is 587. The van der Waals surface area contributed by atoms with Crippen LogP contribution in [-0.2, 0) is 11.2 Å². The van der Waals surface area contributed by atoms with Gasteiger partial charge in [0.15, 0.2) is 0 Å². The highest BCUT2D eigenvalue weighted by Crippen LogP contribution is 2.45. The summed E-state index contributed by atoms with van der Waals surface area (Å²) in [4.78, 5) is 14.9. The van der Waals surface area contributed by atoms with Crippen molar-refractivity contribution in [2.45, 2.75) is 65.4 Å². The van der Waals surface area contributed by atoms with Gasteiger partial charge in [-0.2, -0.15) is 0 Å². The molecule has 1 aliphatic heterocycles. The van der Waals surface area contributed by atoms with Gasteiger partial charge in [-0.3, -0.25) is 4.79 Å². The second-order valence-corrected chi connectivity index (χ2v) is 7.74. The van der Waals surface area contributed by atoms with Crippen LogP contribution in [0.25, 0.3) is 0 Å². The fourth-order valence-corrected chi connectivity index (χ4v) is 4.72. The third-order valence-electron chi connectivity index (χ3n) is 5.99. The molecule has 0 radical (unpaired) electrons. The van der Waals surface area contributed by atoms with E-state index in [-0.39, 0.29) is 17.4 Å². The highest BCUT2D eigenvalue weighted by Gasteiger charge is 2.45. The Kier molecular flexibility index (Phi) is 4.50. The van der Waals surface area contributed by atoms with E-state index >= 15 is 0 Å². The SMILES string of the molecule is Cc1cc(C)c(CC(=O)N2CCC[C@]3(CCC[C@H]3O)C2)c(C)c1. The molecule has 1 saturated carbocycles. The van der Waals surface area contributed by atoms with Gasteiger partial charge in [-0.05, 0) is 63.1 Å². The van der Waals surface area contributed by atoms with Gasteiger partial charge in [0.25, 0.3) is 0 Å². The summed E-state index contributed by atoms with van der Waals surface area (Å²) in [5, 5.41) is 10.4. The van der Waals surface area contributed by atoms with Crippen molar-refractivity contribution in [2.24, 2.45) is 5.41 Å². The molecule has 0 bridgehead atoms. The summed E-state index contributed by atoms with van der Waals surface area (Å²) in [7, 11) is 0. The lowest BCUT2D eigenvalue weighted by atomic mass is 9.76. The van der Waals surface area contributed by atoms with E-state index < -0.39 is 0 Å². The second kappa shape index (κ2) is 6.27. The first-order chi connectivity index (χ1) is 10.9. The molecule has 2 fully saturated rings. The number of hydrogen-bond donors (Lipinski definition) is 1. The standard InChI is InChI=1S/C20H29NO2/c1-14-10-15(2)17(16(3)11-14)12-19(23)21-9-5-8-20(13-21)7-4-6-18(20)22/h10-11,18,22H,4-9,12-13H2,1-3H3/t18-,20-/m1/s1. The molecule has 2 atom stereocenters. The lowest BCUT2D eigenvalue weighted by Crippen LogP contribution is -2.49. The molecule has 1 N–H and O–H groups in total. The fraction of sp³-hybridized carbons (Fsp3) is 0.650. The molecule has 1 aromatic rings. The van der Waals surface area contributed by atoms with Gasteiger partial charge in [0.1, 0.15) is 0 Å². The number of benzene rings is 1. The zero-order valence-corrected chi connectivity index (χ0v) is 14.7. The maximum absolute atomic E-state index is 12.8. The van der Waals surface area contributed by atoms with E-state index in [0.29, 0.717) is 6.42 Å². The molecule has 1 aromatic carbocycles. The van der Waals surface area contributed by atoms with E-state index in [9.17, 15) is 9.90 Å². The third kappa shape index (κ3) is 3.16. The molecule has 1 amide bonds. The van der Waals surface area contributed by atoms with Crippen LogP contribution in [0.5, 0.6) is 0 Å². The maximum Gasteiger partial charge on any atom is 0.227 e. The zero-order chi connectivity index (χ0) is 16.6. The van der Waals surface area contributed by atoms with Crippen LogP contribution in [0.15, 0.2) is 12.1 Å². The number of aliphatic hydroxyl groups excluding tert-OH is 1. The Labute approximate surface area is 139 Å². The summed E-state index contributed by atoms with van der Waals surface area (Å²) in [6.45, 7) is 7.89. The number of carbonyl (C=O) groups is 1. The number of likely N-dealkylation sites (tertiary alicyclic amines) is 1. The molecule has 0 aromatic heterocycles. The quantitative estimate of drug-likeness (QED) is 0.909. The van der Waals surface area contributed by atoms with E-state index in [2.05, 4.69) is 32.9 Å². The van der Waals surface area contributed by atoms with Crippen molar-refractivity contribution < 1.29 is 9.90 Å². The van der Waals surface area contributed by atoms with Gasteiger partial charge in [-0.1, -0.05) is 24.1 Å². The molecule has 126 valence electrons. The van der Waals surface area contributed by atoms with Gasteiger partial charge in [0.2, 0.25) is 5.91 Å². The number of amides is 1. The largest absolute Gasteiger partial charge is 0.392 e. The van der Waals surface area contributed by atoms with Crippen molar-refractivity contribution in [3.8, 4) is 0 Å². The summed E-state index contributed by atoms with van der Waals surface area (Å²) in [5.41, 5.74) is 4.83. The lowest BCUT2D eigenvalue weighted by Gasteiger charge is -2.42. The maximum atomic E-state index is 12.8. The Morgan fingerprint density at radius 1 is 1.22 bits per heavy atom. The van der Waals surface area contributed by atoms with Gasteiger partial charge in [-0.25, -0.2) is 0 Å². The number of aryl methyl sites for hydroxylation is 3. The average Bonchev–Trinajstić information content (AvgIpc) is 2.83. The molecule has 2 aliphatic rings. The van der Waals surface area contributed by atoms with Gasteiger partial charge in [-0.15, -0.1) is 0 Å². The van der Waals surface area contributed by atoms with E-state index in [1.165, 1.54) is 22.3 Å². The van der Waals surface area contributed by atoms with Crippen molar-refractivity contribution in [2.75, 3.05) is 13.1 Å². The van der Waals surface area contributed by atoms with Crippen molar-refractivity contribution in [3.05, 3.63) is 34.4 Å². The van der Waals surface area contributed by atoms with Crippen LogP contribution in [0.2, 0.25) is 0 Å².